The Balaban J connectivity index is 2.25. The number of anilines is 1. The van der Waals surface area contributed by atoms with E-state index in [1.165, 1.54) is 13.2 Å². The summed E-state index contributed by atoms with van der Waals surface area (Å²) in [5, 5.41) is 2.70. The zero-order valence-corrected chi connectivity index (χ0v) is 15.2. The number of allylic oxidation sites excluding steroid dienone is 1. The van der Waals surface area contributed by atoms with Crippen LogP contribution in [-0.4, -0.2) is 33.2 Å². The van der Waals surface area contributed by atoms with Gasteiger partial charge >= 0.3 is 5.97 Å². The smallest absolute Gasteiger partial charge is 0.339 e. The fourth-order valence-corrected chi connectivity index (χ4v) is 2.45. The van der Waals surface area contributed by atoms with E-state index in [9.17, 15) is 9.59 Å². The standard InChI is InChI=1S/C20H21NO5/c1-13(15-10-9-14(24-2)12-18(15)25-3)11-19(22)21-17-8-6-5-7-16(17)20(23)26-4/h5-12H,1-4H3,(H,21,22)/b13-11+. The summed E-state index contributed by atoms with van der Waals surface area (Å²) in [6.45, 7) is 1.80. The van der Waals surface area contributed by atoms with Crippen molar-refractivity contribution >= 4 is 23.1 Å². The maximum atomic E-state index is 12.4. The van der Waals surface area contributed by atoms with E-state index in [0.29, 0.717) is 22.8 Å². The van der Waals surface area contributed by atoms with Crippen molar-refractivity contribution in [3.05, 3.63) is 59.7 Å². The maximum Gasteiger partial charge on any atom is 0.339 e. The molecule has 0 fully saturated rings. The lowest BCUT2D eigenvalue weighted by atomic mass is 10.1. The second-order valence-electron chi connectivity index (χ2n) is 5.42. The normalized spacial score (nSPS) is 10.8. The van der Waals surface area contributed by atoms with E-state index in [1.807, 2.05) is 6.07 Å². The van der Waals surface area contributed by atoms with Crippen molar-refractivity contribution in [1.82, 2.24) is 0 Å². The maximum absolute atomic E-state index is 12.4. The molecule has 0 saturated carbocycles. The summed E-state index contributed by atoms with van der Waals surface area (Å²) in [5.41, 5.74) is 2.15. The lowest BCUT2D eigenvalue weighted by molar-refractivity contribution is -0.111. The molecule has 0 bridgehead atoms. The molecular formula is C20H21NO5. The van der Waals surface area contributed by atoms with Crippen LogP contribution in [0.5, 0.6) is 11.5 Å². The molecule has 0 spiro atoms. The van der Waals surface area contributed by atoms with Crippen LogP contribution in [0, 0.1) is 0 Å². The van der Waals surface area contributed by atoms with Crippen molar-refractivity contribution in [2.24, 2.45) is 0 Å². The van der Waals surface area contributed by atoms with Crippen LogP contribution in [0.15, 0.2) is 48.5 Å². The Hall–Kier alpha value is -3.28. The predicted molar refractivity (Wildman–Crippen MR) is 99.6 cm³/mol. The highest BCUT2D eigenvalue weighted by molar-refractivity contribution is 6.07. The van der Waals surface area contributed by atoms with Crippen LogP contribution in [-0.2, 0) is 9.53 Å². The SMILES string of the molecule is COC(=O)c1ccccc1NC(=O)/C=C(\C)c1ccc(OC)cc1OC. The number of carbonyl (C=O) groups excluding carboxylic acids is 2. The number of esters is 1. The van der Waals surface area contributed by atoms with Gasteiger partial charge in [0.15, 0.2) is 0 Å². The van der Waals surface area contributed by atoms with Crippen molar-refractivity contribution < 1.29 is 23.8 Å². The van der Waals surface area contributed by atoms with Gasteiger partial charge in [-0.15, -0.1) is 0 Å². The molecule has 2 rings (SSSR count). The van der Waals surface area contributed by atoms with E-state index in [0.717, 1.165) is 5.56 Å². The van der Waals surface area contributed by atoms with Gasteiger partial charge in [0, 0.05) is 17.7 Å². The molecule has 0 saturated heterocycles. The molecule has 2 aromatic carbocycles. The highest BCUT2D eigenvalue weighted by Crippen LogP contribution is 2.30. The number of benzene rings is 2. The molecule has 6 nitrogen and oxygen atoms in total. The van der Waals surface area contributed by atoms with Crippen molar-refractivity contribution in [3.8, 4) is 11.5 Å². The number of rotatable bonds is 6. The summed E-state index contributed by atoms with van der Waals surface area (Å²) in [7, 11) is 4.42. The van der Waals surface area contributed by atoms with Crippen LogP contribution in [0.25, 0.3) is 5.57 Å². The number of hydrogen-bond donors (Lipinski definition) is 1. The number of ether oxygens (including phenoxy) is 3. The second kappa shape index (κ2) is 8.71. The second-order valence-corrected chi connectivity index (χ2v) is 5.42. The molecular weight excluding hydrogens is 334 g/mol. The van der Waals surface area contributed by atoms with Gasteiger partial charge < -0.3 is 19.5 Å². The average Bonchev–Trinajstić information content (AvgIpc) is 2.66. The fourth-order valence-electron chi connectivity index (χ4n) is 2.45. The zero-order chi connectivity index (χ0) is 19.1. The Labute approximate surface area is 152 Å². The van der Waals surface area contributed by atoms with Crippen molar-refractivity contribution in [3.63, 3.8) is 0 Å². The van der Waals surface area contributed by atoms with E-state index >= 15 is 0 Å². The van der Waals surface area contributed by atoms with Crippen LogP contribution < -0.4 is 14.8 Å². The Morgan fingerprint density at radius 2 is 1.69 bits per heavy atom. The third-order valence-corrected chi connectivity index (χ3v) is 3.77. The fraction of sp³-hybridized carbons (Fsp3) is 0.200. The van der Waals surface area contributed by atoms with Crippen LogP contribution in [0.2, 0.25) is 0 Å². The van der Waals surface area contributed by atoms with Crippen molar-refractivity contribution in [2.75, 3.05) is 26.6 Å². The minimum Gasteiger partial charge on any atom is -0.497 e. The van der Waals surface area contributed by atoms with Gasteiger partial charge in [0.1, 0.15) is 11.5 Å². The molecule has 1 N–H and O–H groups in total. The van der Waals surface area contributed by atoms with Crippen LogP contribution in [0.4, 0.5) is 5.69 Å². The van der Waals surface area contributed by atoms with Gasteiger partial charge in [0.25, 0.3) is 0 Å². The van der Waals surface area contributed by atoms with Crippen LogP contribution in [0.3, 0.4) is 0 Å². The van der Waals surface area contributed by atoms with Gasteiger partial charge in [-0.25, -0.2) is 4.79 Å². The highest BCUT2D eigenvalue weighted by Gasteiger charge is 2.13. The molecule has 136 valence electrons. The Morgan fingerprint density at radius 3 is 2.35 bits per heavy atom. The van der Waals surface area contributed by atoms with E-state index in [2.05, 4.69) is 5.32 Å². The molecule has 26 heavy (non-hydrogen) atoms. The lowest BCUT2D eigenvalue weighted by Crippen LogP contribution is -2.13. The molecule has 0 aliphatic rings. The molecule has 0 heterocycles. The first-order valence-electron chi connectivity index (χ1n) is 7.89. The first-order valence-corrected chi connectivity index (χ1v) is 7.89. The summed E-state index contributed by atoms with van der Waals surface area (Å²) < 4.78 is 15.3. The summed E-state index contributed by atoms with van der Waals surface area (Å²) in [4.78, 5) is 24.2. The van der Waals surface area contributed by atoms with Gasteiger partial charge in [0.2, 0.25) is 5.91 Å². The van der Waals surface area contributed by atoms with E-state index in [1.54, 1.807) is 57.5 Å². The lowest BCUT2D eigenvalue weighted by Gasteiger charge is -2.11. The molecule has 0 aromatic heterocycles. The zero-order valence-electron chi connectivity index (χ0n) is 15.2. The molecule has 0 unspecified atom stereocenters. The Morgan fingerprint density at radius 1 is 0.962 bits per heavy atom. The van der Waals surface area contributed by atoms with Gasteiger partial charge in [-0.1, -0.05) is 12.1 Å². The number of methoxy groups -OCH3 is 3. The molecule has 0 aliphatic heterocycles. The topological polar surface area (TPSA) is 73.9 Å². The van der Waals surface area contributed by atoms with E-state index in [-0.39, 0.29) is 11.5 Å². The Kier molecular flexibility index (Phi) is 6.38. The predicted octanol–water partition coefficient (Wildman–Crippen LogP) is 3.53. The first-order chi connectivity index (χ1) is 12.5. The third kappa shape index (κ3) is 4.42. The number of para-hydroxylation sites is 1. The van der Waals surface area contributed by atoms with Crippen molar-refractivity contribution in [2.45, 2.75) is 6.92 Å². The van der Waals surface area contributed by atoms with Crippen molar-refractivity contribution in [1.29, 1.82) is 0 Å². The quantitative estimate of drug-likeness (QED) is 0.634. The summed E-state index contributed by atoms with van der Waals surface area (Å²) in [6, 6.07) is 12.0. The van der Waals surface area contributed by atoms with E-state index in [4.69, 9.17) is 14.2 Å². The number of amides is 1. The van der Waals surface area contributed by atoms with Gasteiger partial charge in [-0.3, -0.25) is 4.79 Å². The van der Waals surface area contributed by atoms with Crippen LogP contribution in [0.1, 0.15) is 22.8 Å². The van der Waals surface area contributed by atoms with Gasteiger partial charge in [-0.2, -0.15) is 0 Å². The minimum absolute atomic E-state index is 0.288. The van der Waals surface area contributed by atoms with E-state index < -0.39 is 5.97 Å². The highest BCUT2D eigenvalue weighted by atomic mass is 16.5. The molecule has 6 heteroatoms. The Bertz CT molecular complexity index is 842. The minimum atomic E-state index is -0.515. The summed E-state index contributed by atoms with van der Waals surface area (Å²) in [6.07, 6.45) is 1.44. The van der Waals surface area contributed by atoms with Gasteiger partial charge in [-0.05, 0) is 36.8 Å². The third-order valence-electron chi connectivity index (χ3n) is 3.77. The monoisotopic (exact) mass is 355 g/mol. The molecule has 0 aliphatic carbocycles. The molecule has 1 amide bonds. The van der Waals surface area contributed by atoms with Gasteiger partial charge in [0.05, 0.1) is 32.6 Å². The number of hydrogen-bond acceptors (Lipinski definition) is 5. The number of nitrogens with one attached hydrogen (secondary N) is 1. The number of carbonyl (C=O) groups is 2. The summed E-state index contributed by atoms with van der Waals surface area (Å²) in [5.74, 6) is 0.380. The first kappa shape index (κ1) is 19.1. The van der Waals surface area contributed by atoms with Crippen LogP contribution >= 0.6 is 0 Å². The largest absolute Gasteiger partial charge is 0.497 e. The molecule has 0 radical (unpaired) electrons. The molecule has 2 aromatic rings. The average molecular weight is 355 g/mol. The summed E-state index contributed by atoms with van der Waals surface area (Å²) >= 11 is 0. The molecule has 0 atom stereocenters.